The van der Waals surface area contributed by atoms with E-state index in [1.54, 1.807) is 18.2 Å². The van der Waals surface area contributed by atoms with Crippen LogP contribution in [0.15, 0.2) is 18.2 Å². The highest BCUT2D eigenvalue weighted by Gasteiger charge is 2.52. The maximum absolute atomic E-state index is 12.5. The van der Waals surface area contributed by atoms with E-state index in [1.165, 1.54) is 4.90 Å². The Labute approximate surface area is 183 Å². The molecular formula is C21H30BClN2O5. The van der Waals surface area contributed by atoms with Gasteiger partial charge in [-0.25, -0.2) is 4.79 Å². The van der Waals surface area contributed by atoms with E-state index in [9.17, 15) is 9.59 Å². The molecule has 0 aliphatic carbocycles. The van der Waals surface area contributed by atoms with Gasteiger partial charge in [0.1, 0.15) is 5.60 Å². The topological polar surface area (TPSA) is 77.1 Å². The highest BCUT2D eigenvalue weighted by molar-refractivity contribution is 6.65. The number of carbonyl (C=O) groups is 2. The zero-order valence-corrected chi connectivity index (χ0v) is 19.4. The number of amides is 2. The summed E-state index contributed by atoms with van der Waals surface area (Å²) in [7, 11) is -0.568. The average Bonchev–Trinajstić information content (AvgIpc) is 2.71. The summed E-state index contributed by atoms with van der Waals surface area (Å²) in [5, 5.41) is 3.31. The van der Waals surface area contributed by atoms with Crippen LogP contribution in [-0.4, -0.2) is 53.9 Å². The minimum absolute atomic E-state index is 0.158. The second-order valence-electron chi connectivity index (χ2n) is 9.90. The van der Waals surface area contributed by atoms with E-state index in [-0.39, 0.29) is 11.8 Å². The van der Waals surface area contributed by atoms with Crippen molar-refractivity contribution in [2.24, 2.45) is 5.92 Å². The minimum Gasteiger partial charge on any atom is -0.444 e. The Morgan fingerprint density at radius 1 is 1.17 bits per heavy atom. The van der Waals surface area contributed by atoms with Crippen LogP contribution in [-0.2, 0) is 18.8 Å². The predicted molar refractivity (Wildman–Crippen MR) is 117 cm³/mol. The summed E-state index contributed by atoms with van der Waals surface area (Å²) in [6, 6.07) is 5.26. The smallest absolute Gasteiger partial charge is 0.444 e. The zero-order chi connectivity index (χ0) is 22.5. The van der Waals surface area contributed by atoms with E-state index >= 15 is 0 Å². The molecule has 164 valence electrons. The monoisotopic (exact) mass is 436 g/mol. The second kappa shape index (κ2) is 7.73. The normalized spacial score (nSPS) is 20.7. The fourth-order valence-corrected chi connectivity index (χ4v) is 3.40. The van der Waals surface area contributed by atoms with Crippen LogP contribution in [0.3, 0.4) is 0 Å². The van der Waals surface area contributed by atoms with Crippen molar-refractivity contribution in [1.29, 1.82) is 0 Å². The fourth-order valence-electron chi connectivity index (χ4n) is 3.13. The van der Waals surface area contributed by atoms with Gasteiger partial charge in [0.05, 0.1) is 17.1 Å². The van der Waals surface area contributed by atoms with Crippen molar-refractivity contribution in [2.45, 2.75) is 65.3 Å². The van der Waals surface area contributed by atoms with Gasteiger partial charge >= 0.3 is 13.2 Å². The first kappa shape index (κ1) is 22.9. The molecule has 2 aliphatic heterocycles. The molecule has 0 atom stereocenters. The van der Waals surface area contributed by atoms with Crippen LogP contribution < -0.4 is 10.8 Å². The van der Waals surface area contributed by atoms with Gasteiger partial charge in [-0.15, -0.1) is 0 Å². The lowest BCUT2D eigenvalue weighted by Crippen LogP contribution is -2.55. The van der Waals surface area contributed by atoms with Crippen LogP contribution in [0.25, 0.3) is 0 Å². The summed E-state index contributed by atoms with van der Waals surface area (Å²) in [6.07, 6.45) is -0.402. The number of nitrogens with one attached hydrogen (secondary N) is 1. The molecule has 2 saturated heterocycles. The number of hydrogen-bond acceptors (Lipinski definition) is 5. The summed E-state index contributed by atoms with van der Waals surface area (Å²) < 4.78 is 17.4. The number of anilines is 1. The molecule has 30 heavy (non-hydrogen) atoms. The molecule has 0 spiro atoms. The molecule has 9 heteroatoms. The van der Waals surface area contributed by atoms with Crippen molar-refractivity contribution in [3.05, 3.63) is 23.2 Å². The lowest BCUT2D eigenvalue weighted by Gasteiger charge is -2.38. The molecule has 3 rings (SSSR count). The second-order valence-corrected chi connectivity index (χ2v) is 10.3. The number of nitrogens with zero attached hydrogens (tertiary/aromatic N) is 1. The van der Waals surface area contributed by atoms with Crippen molar-refractivity contribution < 1.29 is 23.6 Å². The molecule has 2 heterocycles. The molecule has 0 saturated carbocycles. The van der Waals surface area contributed by atoms with Crippen molar-refractivity contribution in [1.82, 2.24) is 4.90 Å². The van der Waals surface area contributed by atoms with Crippen molar-refractivity contribution >= 4 is 41.9 Å². The summed E-state index contributed by atoms with van der Waals surface area (Å²) in [6.45, 7) is 14.0. The standard InChI is InChI=1S/C21H30BClN2O5/c1-19(2,3)28-18(27)25-11-13(12-25)17(26)24-14-8-9-15(16(23)10-14)22-29-20(4,5)21(6,7)30-22/h8-10,13H,11-12H2,1-7H3,(H,24,26). The van der Waals surface area contributed by atoms with Crippen molar-refractivity contribution in [2.75, 3.05) is 18.4 Å². The highest BCUT2D eigenvalue weighted by Crippen LogP contribution is 2.37. The number of ether oxygens (including phenoxy) is 1. The van der Waals surface area contributed by atoms with Crippen molar-refractivity contribution in [3.8, 4) is 0 Å². The quantitative estimate of drug-likeness (QED) is 0.734. The molecule has 7 nitrogen and oxygen atoms in total. The maximum atomic E-state index is 12.5. The van der Waals surface area contributed by atoms with Crippen LogP contribution in [0, 0.1) is 5.92 Å². The first-order chi connectivity index (χ1) is 13.7. The van der Waals surface area contributed by atoms with E-state index in [4.69, 9.17) is 25.6 Å². The molecule has 1 aromatic rings. The van der Waals surface area contributed by atoms with E-state index < -0.39 is 30.0 Å². The number of hydrogen-bond donors (Lipinski definition) is 1. The van der Waals surface area contributed by atoms with Gasteiger partial charge in [-0.3, -0.25) is 4.79 Å². The van der Waals surface area contributed by atoms with Gasteiger partial charge in [-0.2, -0.15) is 0 Å². The molecule has 2 fully saturated rings. The van der Waals surface area contributed by atoms with E-state index in [1.807, 2.05) is 48.5 Å². The number of halogens is 1. The van der Waals surface area contributed by atoms with Crippen LogP contribution in [0.1, 0.15) is 48.5 Å². The zero-order valence-electron chi connectivity index (χ0n) is 18.7. The average molecular weight is 437 g/mol. The van der Waals surface area contributed by atoms with E-state index in [0.29, 0.717) is 29.3 Å². The Bertz CT molecular complexity index is 830. The largest absolute Gasteiger partial charge is 0.496 e. The molecule has 0 radical (unpaired) electrons. The Morgan fingerprint density at radius 2 is 1.73 bits per heavy atom. The number of rotatable bonds is 3. The van der Waals surface area contributed by atoms with Gasteiger partial charge in [0, 0.05) is 29.3 Å². The molecule has 1 aromatic carbocycles. The third-order valence-electron chi connectivity index (χ3n) is 5.68. The van der Waals surface area contributed by atoms with E-state index in [0.717, 1.165) is 0 Å². The summed E-state index contributed by atoms with van der Waals surface area (Å²) in [5.74, 6) is -0.437. The minimum atomic E-state index is -0.568. The van der Waals surface area contributed by atoms with Crippen molar-refractivity contribution in [3.63, 3.8) is 0 Å². The third-order valence-corrected chi connectivity index (χ3v) is 6.01. The van der Waals surface area contributed by atoms with Gasteiger partial charge in [0.25, 0.3) is 0 Å². The summed E-state index contributed by atoms with van der Waals surface area (Å²) in [4.78, 5) is 26.0. The van der Waals surface area contributed by atoms with Gasteiger partial charge < -0.3 is 24.3 Å². The Hall–Kier alpha value is -1.77. The first-order valence-corrected chi connectivity index (χ1v) is 10.5. The van der Waals surface area contributed by atoms with E-state index in [2.05, 4.69) is 5.32 Å². The lowest BCUT2D eigenvalue weighted by molar-refractivity contribution is -0.124. The van der Waals surface area contributed by atoms with Gasteiger partial charge in [0.2, 0.25) is 5.91 Å². The molecule has 0 bridgehead atoms. The fraction of sp³-hybridized carbons (Fsp3) is 0.619. The third kappa shape index (κ3) is 4.76. The first-order valence-electron chi connectivity index (χ1n) is 10.1. The van der Waals surface area contributed by atoms with Gasteiger partial charge in [-0.05, 0) is 60.6 Å². The van der Waals surface area contributed by atoms with Gasteiger partial charge in [-0.1, -0.05) is 17.7 Å². The van der Waals surface area contributed by atoms with Crippen LogP contribution in [0.2, 0.25) is 5.02 Å². The molecular weight excluding hydrogens is 407 g/mol. The Kier molecular flexibility index (Phi) is 5.91. The van der Waals surface area contributed by atoms with Crippen LogP contribution >= 0.6 is 11.6 Å². The lowest BCUT2D eigenvalue weighted by atomic mass is 9.79. The summed E-state index contributed by atoms with van der Waals surface area (Å²) >= 11 is 6.45. The predicted octanol–water partition coefficient (Wildman–Crippen LogP) is 3.44. The number of benzene rings is 1. The maximum Gasteiger partial charge on any atom is 0.496 e. The highest BCUT2D eigenvalue weighted by atomic mass is 35.5. The molecule has 0 aromatic heterocycles. The SMILES string of the molecule is CC(C)(C)OC(=O)N1CC(C(=O)Nc2ccc(B3OC(C)(C)C(C)(C)O3)c(Cl)c2)C1. The molecule has 1 N–H and O–H groups in total. The Morgan fingerprint density at radius 3 is 2.23 bits per heavy atom. The number of carbonyl (C=O) groups excluding carboxylic acids is 2. The summed E-state index contributed by atoms with van der Waals surface area (Å²) in [5.41, 5.74) is -0.176. The molecule has 2 aliphatic rings. The molecule has 2 amide bonds. The molecule has 0 unspecified atom stereocenters. The van der Waals surface area contributed by atoms with Crippen LogP contribution in [0.5, 0.6) is 0 Å². The number of likely N-dealkylation sites (tertiary alicyclic amines) is 1. The van der Waals surface area contributed by atoms with Gasteiger partial charge in [0.15, 0.2) is 0 Å². The Balaban J connectivity index is 1.57. The van der Waals surface area contributed by atoms with Crippen LogP contribution in [0.4, 0.5) is 10.5 Å².